The summed E-state index contributed by atoms with van der Waals surface area (Å²) in [6.07, 6.45) is 3.24. The number of carbonyl (C=O) groups excluding carboxylic acids is 1. The van der Waals surface area contributed by atoms with E-state index in [0.29, 0.717) is 22.2 Å². The van der Waals surface area contributed by atoms with E-state index in [2.05, 4.69) is 10.6 Å². The number of halogens is 1. The second-order valence-electron chi connectivity index (χ2n) is 4.52. The summed E-state index contributed by atoms with van der Waals surface area (Å²) in [4.78, 5) is 11.9. The van der Waals surface area contributed by atoms with Crippen LogP contribution < -0.4 is 20.1 Å². The summed E-state index contributed by atoms with van der Waals surface area (Å²) in [5, 5.41) is 5.93. The summed E-state index contributed by atoms with van der Waals surface area (Å²) in [6.45, 7) is 0. The summed E-state index contributed by atoms with van der Waals surface area (Å²) in [6, 6.07) is 12.1. The molecule has 0 fully saturated rings. The van der Waals surface area contributed by atoms with Crippen molar-refractivity contribution in [1.82, 2.24) is 5.32 Å². The molecule has 0 saturated carbocycles. The van der Waals surface area contributed by atoms with Crippen molar-refractivity contribution in [3.05, 3.63) is 59.3 Å². The van der Waals surface area contributed by atoms with Crippen molar-refractivity contribution < 1.29 is 14.3 Å². The van der Waals surface area contributed by atoms with Crippen LogP contribution >= 0.6 is 11.6 Å². The van der Waals surface area contributed by atoms with Crippen molar-refractivity contribution in [2.24, 2.45) is 0 Å². The van der Waals surface area contributed by atoms with E-state index in [4.69, 9.17) is 21.1 Å². The number of hydrogen-bond acceptors (Lipinski definition) is 3. The maximum absolute atomic E-state index is 11.9. The van der Waals surface area contributed by atoms with Gasteiger partial charge in [-0.25, -0.2) is 4.79 Å². The van der Waals surface area contributed by atoms with Crippen LogP contribution in [0, 0.1) is 0 Å². The highest BCUT2D eigenvalue weighted by Crippen LogP contribution is 2.29. The number of ether oxygens (including phenoxy) is 2. The van der Waals surface area contributed by atoms with Gasteiger partial charge in [-0.05, 0) is 29.8 Å². The molecule has 6 heteroatoms. The van der Waals surface area contributed by atoms with E-state index < -0.39 is 0 Å². The van der Waals surface area contributed by atoms with Crippen molar-refractivity contribution in [2.75, 3.05) is 19.5 Å². The molecule has 2 aromatic carbocycles. The van der Waals surface area contributed by atoms with Gasteiger partial charge in [0, 0.05) is 23.0 Å². The third-order valence-corrected chi connectivity index (χ3v) is 3.37. The lowest BCUT2D eigenvalue weighted by Gasteiger charge is -2.10. The van der Waals surface area contributed by atoms with Crippen LogP contribution in [0.5, 0.6) is 11.5 Å². The summed E-state index contributed by atoms with van der Waals surface area (Å²) < 4.78 is 10.3. The number of rotatable bonds is 5. The van der Waals surface area contributed by atoms with Gasteiger partial charge in [-0.3, -0.25) is 0 Å². The molecule has 0 aliphatic heterocycles. The van der Waals surface area contributed by atoms with Crippen LogP contribution in [-0.4, -0.2) is 20.3 Å². The van der Waals surface area contributed by atoms with Crippen LogP contribution in [0.3, 0.4) is 0 Å². The Morgan fingerprint density at radius 3 is 2.52 bits per heavy atom. The number of anilines is 1. The lowest BCUT2D eigenvalue weighted by Crippen LogP contribution is -2.23. The highest BCUT2D eigenvalue weighted by Gasteiger charge is 2.06. The van der Waals surface area contributed by atoms with Crippen molar-refractivity contribution in [3.63, 3.8) is 0 Å². The maximum atomic E-state index is 11.9. The second kappa shape index (κ2) is 8.10. The molecule has 2 N–H and O–H groups in total. The first kappa shape index (κ1) is 16.7. The van der Waals surface area contributed by atoms with Gasteiger partial charge in [0.2, 0.25) is 0 Å². The molecule has 0 aliphatic rings. The minimum Gasteiger partial charge on any atom is -0.493 e. The van der Waals surface area contributed by atoms with E-state index in [-0.39, 0.29) is 6.03 Å². The minimum absolute atomic E-state index is 0.375. The van der Waals surface area contributed by atoms with E-state index in [1.54, 1.807) is 37.5 Å². The predicted molar refractivity (Wildman–Crippen MR) is 92.2 cm³/mol. The molecule has 0 radical (unpaired) electrons. The molecule has 2 aromatic rings. The Balaban J connectivity index is 1.96. The Bertz CT molecular complexity index is 717. The molecule has 0 spiro atoms. The molecule has 0 aromatic heterocycles. The molecule has 23 heavy (non-hydrogen) atoms. The Labute approximate surface area is 139 Å². The van der Waals surface area contributed by atoms with Crippen molar-refractivity contribution in [1.29, 1.82) is 0 Å². The first-order valence-electron chi connectivity index (χ1n) is 6.84. The maximum Gasteiger partial charge on any atom is 0.323 e. The number of hydrogen-bond donors (Lipinski definition) is 2. The van der Waals surface area contributed by atoms with Crippen LogP contribution in [-0.2, 0) is 0 Å². The molecule has 0 heterocycles. The molecule has 0 saturated heterocycles. The van der Waals surface area contributed by atoms with Gasteiger partial charge < -0.3 is 20.1 Å². The SMILES string of the molecule is COc1ccc(NC(=O)N/C=C/c2ccccc2Cl)cc1OC. The quantitative estimate of drug-likeness (QED) is 0.864. The Morgan fingerprint density at radius 1 is 1.09 bits per heavy atom. The van der Waals surface area contributed by atoms with Crippen LogP contribution in [0.15, 0.2) is 48.7 Å². The Morgan fingerprint density at radius 2 is 1.83 bits per heavy atom. The first-order chi connectivity index (χ1) is 11.1. The van der Waals surface area contributed by atoms with Gasteiger partial charge in [-0.15, -0.1) is 0 Å². The van der Waals surface area contributed by atoms with Gasteiger partial charge in [0.15, 0.2) is 11.5 Å². The normalized spacial score (nSPS) is 10.4. The molecule has 120 valence electrons. The Hall–Kier alpha value is -2.66. The fourth-order valence-electron chi connectivity index (χ4n) is 1.90. The highest BCUT2D eigenvalue weighted by atomic mass is 35.5. The summed E-state index contributed by atoms with van der Waals surface area (Å²) in [5.74, 6) is 1.13. The largest absolute Gasteiger partial charge is 0.493 e. The van der Waals surface area contributed by atoms with Crippen LogP contribution in [0.2, 0.25) is 5.02 Å². The van der Waals surface area contributed by atoms with E-state index >= 15 is 0 Å². The predicted octanol–water partition coefficient (Wildman–Crippen LogP) is 4.15. The monoisotopic (exact) mass is 332 g/mol. The van der Waals surface area contributed by atoms with Crippen LogP contribution in [0.1, 0.15) is 5.56 Å². The highest BCUT2D eigenvalue weighted by molar-refractivity contribution is 6.32. The second-order valence-corrected chi connectivity index (χ2v) is 4.93. The van der Waals surface area contributed by atoms with E-state index in [0.717, 1.165) is 5.56 Å². The minimum atomic E-state index is -0.375. The summed E-state index contributed by atoms with van der Waals surface area (Å²) >= 11 is 6.03. The van der Waals surface area contributed by atoms with Crippen LogP contribution in [0.25, 0.3) is 6.08 Å². The number of carbonyl (C=O) groups is 1. The van der Waals surface area contributed by atoms with E-state index in [1.807, 2.05) is 18.2 Å². The Kier molecular flexibility index (Phi) is 5.88. The number of urea groups is 1. The smallest absolute Gasteiger partial charge is 0.323 e. The molecular weight excluding hydrogens is 316 g/mol. The van der Waals surface area contributed by atoms with Gasteiger partial charge in [-0.2, -0.15) is 0 Å². The zero-order valence-electron chi connectivity index (χ0n) is 12.8. The standard InChI is InChI=1S/C17H17ClN2O3/c1-22-15-8-7-13(11-16(15)23-2)20-17(21)19-10-9-12-5-3-4-6-14(12)18/h3-11H,1-2H3,(H2,19,20,21)/b10-9+. The molecule has 0 aliphatic carbocycles. The van der Waals surface area contributed by atoms with Gasteiger partial charge in [0.05, 0.1) is 14.2 Å². The molecular formula is C17H17ClN2O3. The van der Waals surface area contributed by atoms with Gasteiger partial charge in [-0.1, -0.05) is 29.8 Å². The average Bonchev–Trinajstić information content (AvgIpc) is 2.56. The zero-order chi connectivity index (χ0) is 16.7. The summed E-state index contributed by atoms with van der Waals surface area (Å²) in [7, 11) is 3.09. The molecule has 0 atom stereocenters. The van der Waals surface area contributed by atoms with E-state index in [9.17, 15) is 4.79 Å². The molecule has 0 bridgehead atoms. The third kappa shape index (κ3) is 4.66. The lowest BCUT2D eigenvalue weighted by molar-refractivity contribution is 0.255. The number of methoxy groups -OCH3 is 2. The molecule has 2 rings (SSSR count). The fraction of sp³-hybridized carbons (Fsp3) is 0.118. The number of amides is 2. The van der Waals surface area contributed by atoms with Crippen molar-refractivity contribution in [2.45, 2.75) is 0 Å². The molecule has 5 nitrogen and oxygen atoms in total. The average molecular weight is 333 g/mol. The third-order valence-electron chi connectivity index (χ3n) is 3.02. The molecule has 0 unspecified atom stereocenters. The summed E-state index contributed by atoms with van der Waals surface area (Å²) in [5.41, 5.74) is 1.41. The number of nitrogens with one attached hydrogen (secondary N) is 2. The van der Waals surface area contributed by atoms with Crippen molar-refractivity contribution >= 4 is 29.4 Å². The van der Waals surface area contributed by atoms with Gasteiger partial charge >= 0.3 is 6.03 Å². The fourth-order valence-corrected chi connectivity index (χ4v) is 2.10. The molecule has 2 amide bonds. The number of benzene rings is 2. The zero-order valence-corrected chi connectivity index (χ0v) is 13.6. The van der Waals surface area contributed by atoms with E-state index in [1.165, 1.54) is 13.3 Å². The van der Waals surface area contributed by atoms with Gasteiger partial charge in [0.1, 0.15) is 0 Å². The van der Waals surface area contributed by atoms with Crippen molar-refractivity contribution in [3.8, 4) is 11.5 Å². The topological polar surface area (TPSA) is 59.6 Å². The van der Waals surface area contributed by atoms with Crippen LogP contribution in [0.4, 0.5) is 10.5 Å². The van der Waals surface area contributed by atoms with Gasteiger partial charge in [0.25, 0.3) is 0 Å². The lowest BCUT2D eigenvalue weighted by atomic mass is 10.2. The first-order valence-corrected chi connectivity index (χ1v) is 7.22.